The molecule has 2 aliphatic heterocycles. The lowest BCUT2D eigenvalue weighted by Crippen LogP contribution is -2.61. The molecule has 0 spiro atoms. The number of fused-ring (bicyclic) bond motifs is 3. The van der Waals surface area contributed by atoms with E-state index in [0.29, 0.717) is 38.2 Å². The maximum atomic E-state index is 13.6. The molecule has 39 heavy (non-hydrogen) atoms. The Hall–Kier alpha value is -3.88. The maximum Gasteiger partial charge on any atom is 0.416 e. The number of anilines is 2. The van der Waals surface area contributed by atoms with Crippen molar-refractivity contribution < 1.29 is 27.4 Å². The summed E-state index contributed by atoms with van der Waals surface area (Å²) >= 11 is 0. The molecule has 206 valence electrons. The first-order valence-electron chi connectivity index (χ1n) is 13.0. The fourth-order valence-corrected chi connectivity index (χ4v) is 5.77. The molecule has 5 rings (SSSR count). The number of methoxy groups -OCH3 is 2. The van der Waals surface area contributed by atoms with Gasteiger partial charge >= 0.3 is 6.18 Å². The highest BCUT2D eigenvalue weighted by Gasteiger charge is 2.43. The summed E-state index contributed by atoms with van der Waals surface area (Å²) in [7, 11) is 3.24. The van der Waals surface area contributed by atoms with Gasteiger partial charge < -0.3 is 24.6 Å². The molecule has 0 bridgehead atoms. The zero-order valence-electron chi connectivity index (χ0n) is 22.0. The Morgan fingerprint density at radius 2 is 1.67 bits per heavy atom. The molecular weight excluding hydrogens is 507 g/mol. The van der Waals surface area contributed by atoms with E-state index in [4.69, 9.17) is 9.47 Å². The number of para-hydroxylation sites is 3. The maximum absolute atomic E-state index is 13.6. The van der Waals surface area contributed by atoms with Crippen LogP contribution in [0.1, 0.15) is 16.7 Å². The second kappa shape index (κ2) is 11.1. The lowest BCUT2D eigenvalue weighted by atomic mass is 9.82. The van der Waals surface area contributed by atoms with Crippen LogP contribution in [0, 0.1) is 5.92 Å². The molecule has 2 aliphatic rings. The number of nitrogens with zero attached hydrogens (tertiary/aromatic N) is 2. The molecule has 1 saturated heterocycles. The highest BCUT2D eigenvalue weighted by atomic mass is 19.4. The summed E-state index contributed by atoms with van der Waals surface area (Å²) in [6.07, 6.45) is -3.62. The number of carbonyl (C=O) groups is 1. The van der Waals surface area contributed by atoms with Crippen LogP contribution < -0.4 is 24.6 Å². The molecule has 0 radical (unpaired) electrons. The van der Waals surface area contributed by atoms with Crippen LogP contribution in [-0.2, 0) is 23.8 Å². The summed E-state index contributed by atoms with van der Waals surface area (Å²) in [5.74, 6) is 0.819. The van der Waals surface area contributed by atoms with E-state index in [1.54, 1.807) is 20.3 Å². The van der Waals surface area contributed by atoms with Gasteiger partial charge in [-0.2, -0.15) is 13.2 Å². The molecule has 2 atom stereocenters. The van der Waals surface area contributed by atoms with E-state index in [0.717, 1.165) is 34.5 Å². The largest absolute Gasteiger partial charge is 0.496 e. The van der Waals surface area contributed by atoms with Crippen LogP contribution >= 0.6 is 0 Å². The molecule has 6 nitrogen and oxygen atoms in total. The topological polar surface area (TPSA) is 54.0 Å². The van der Waals surface area contributed by atoms with Crippen LogP contribution in [-0.4, -0.2) is 52.3 Å². The highest BCUT2D eigenvalue weighted by molar-refractivity contribution is 5.82. The molecule has 0 aromatic heterocycles. The van der Waals surface area contributed by atoms with Gasteiger partial charge in [-0.15, -0.1) is 0 Å². The predicted octanol–water partition coefficient (Wildman–Crippen LogP) is 4.95. The normalized spacial score (nSPS) is 18.7. The van der Waals surface area contributed by atoms with Gasteiger partial charge in [0.25, 0.3) is 0 Å². The van der Waals surface area contributed by atoms with Gasteiger partial charge in [-0.3, -0.25) is 4.79 Å². The van der Waals surface area contributed by atoms with Crippen molar-refractivity contribution in [3.05, 3.63) is 83.4 Å². The van der Waals surface area contributed by atoms with E-state index >= 15 is 0 Å². The molecule has 9 heteroatoms. The van der Waals surface area contributed by atoms with E-state index < -0.39 is 17.7 Å². The van der Waals surface area contributed by atoms with Gasteiger partial charge in [-0.05, 0) is 60.4 Å². The highest BCUT2D eigenvalue weighted by Crippen LogP contribution is 2.41. The second-order valence-corrected chi connectivity index (χ2v) is 9.88. The Morgan fingerprint density at radius 3 is 2.41 bits per heavy atom. The lowest BCUT2D eigenvalue weighted by Gasteiger charge is -2.49. The molecule has 2 heterocycles. The van der Waals surface area contributed by atoms with Gasteiger partial charge in [-0.25, -0.2) is 0 Å². The molecule has 2 unspecified atom stereocenters. The number of benzene rings is 3. The Balaban J connectivity index is 1.41. The van der Waals surface area contributed by atoms with Crippen LogP contribution in [0.4, 0.5) is 24.5 Å². The van der Waals surface area contributed by atoms with Crippen LogP contribution in [0.5, 0.6) is 11.5 Å². The summed E-state index contributed by atoms with van der Waals surface area (Å²) in [6.45, 7) is 2.17. The van der Waals surface area contributed by atoms with Crippen molar-refractivity contribution in [2.75, 3.05) is 50.2 Å². The number of alkyl halides is 3. The van der Waals surface area contributed by atoms with Crippen LogP contribution in [0.15, 0.2) is 66.7 Å². The van der Waals surface area contributed by atoms with Crippen molar-refractivity contribution in [3.63, 3.8) is 0 Å². The number of hydrogen-bond donors (Lipinski definition) is 1. The fraction of sp³-hybridized carbons (Fsp3) is 0.367. The van der Waals surface area contributed by atoms with Crippen LogP contribution in [0.2, 0.25) is 0 Å². The number of halogens is 3. The minimum atomic E-state index is -4.44. The molecule has 0 aliphatic carbocycles. The predicted molar refractivity (Wildman–Crippen MR) is 145 cm³/mol. The third-order valence-corrected chi connectivity index (χ3v) is 7.69. The fourth-order valence-electron chi connectivity index (χ4n) is 5.77. The Labute approximate surface area is 226 Å². The first-order chi connectivity index (χ1) is 18.8. The minimum absolute atomic E-state index is 0.162. The summed E-state index contributed by atoms with van der Waals surface area (Å²) in [6, 6.07) is 19.1. The minimum Gasteiger partial charge on any atom is -0.496 e. The van der Waals surface area contributed by atoms with E-state index in [1.807, 2.05) is 48.5 Å². The summed E-state index contributed by atoms with van der Waals surface area (Å²) in [5, 5.41) is 3.05. The van der Waals surface area contributed by atoms with Crippen molar-refractivity contribution in [1.29, 1.82) is 0 Å². The second-order valence-electron chi connectivity index (χ2n) is 9.88. The summed E-state index contributed by atoms with van der Waals surface area (Å²) < 4.78 is 51.6. The van der Waals surface area contributed by atoms with E-state index in [1.165, 1.54) is 6.07 Å². The smallest absolute Gasteiger partial charge is 0.416 e. The summed E-state index contributed by atoms with van der Waals surface area (Å²) in [5.41, 5.74) is 2.55. The first kappa shape index (κ1) is 26.7. The lowest BCUT2D eigenvalue weighted by molar-refractivity contribution is -0.137. The molecule has 1 fully saturated rings. The zero-order chi connectivity index (χ0) is 27.6. The van der Waals surface area contributed by atoms with Crippen LogP contribution in [0.3, 0.4) is 0 Å². The Morgan fingerprint density at radius 1 is 0.949 bits per heavy atom. The van der Waals surface area contributed by atoms with Gasteiger partial charge in [0, 0.05) is 31.9 Å². The third kappa shape index (κ3) is 5.48. The average molecular weight is 540 g/mol. The molecule has 3 aromatic rings. The SMILES string of the molecule is COc1ccccc1CCNC(=O)C1Cc2cc(C(F)(F)F)ccc2N2CCN(c3ccccc3OC)CC12. The molecule has 3 aromatic carbocycles. The first-order valence-corrected chi connectivity index (χ1v) is 13.0. The third-order valence-electron chi connectivity index (χ3n) is 7.69. The van der Waals surface area contributed by atoms with E-state index in [-0.39, 0.29) is 18.4 Å². The number of ether oxygens (including phenoxy) is 2. The van der Waals surface area contributed by atoms with Crippen molar-refractivity contribution in [2.24, 2.45) is 5.92 Å². The standard InChI is InChI=1S/C30H32F3N3O3/c1-38-27-9-5-3-7-20(27)13-14-34-29(37)23-18-21-17-22(30(31,32)33)11-12-24(21)36-16-15-35(19-26(23)36)25-8-4-6-10-28(25)39-2/h3-12,17,23,26H,13-16,18-19H2,1-2H3,(H,34,37). The Kier molecular flexibility index (Phi) is 7.59. The van der Waals surface area contributed by atoms with Gasteiger partial charge in [-0.1, -0.05) is 30.3 Å². The average Bonchev–Trinajstić information content (AvgIpc) is 2.95. The number of nitrogens with one attached hydrogen (secondary N) is 1. The summed E-state index contributed by atoms with van der Waals surface area (Å²) in [4.78, 5) is 17.9. The number of piperazine rings is 1. The number of amides is 1. The zero-order valence-corrected chi connectivity index (χ0v) is 22.0. The number of carbonyl (C=O) groups excluding carboxylic acids is 1. The Bertz CT molecular complexity index is 1330. The quantitative estimate of drug-likeness (QED) is 0.461. The van der Waals surface area contributed by atoms with Gasteiger partial charge in [0.15, 0.2) is 0 Å². The molecular formula is C30H32F3N3O3. The van der Waals surface area contributed by atoms with Crippen molar-refractivity contribution in [1.82, 2.24) is 5.32 Å². The monoisotopic (exact) mass is 539 g/mol. The van der Waals surface area contributed by atoms with Gasteiger partial charge in [0.2, 0.25) is 5.91 Å². The molecule has 1 amide bonds. The number of hydrogen-bond acceptors (Lipinski definition) is 5. The van der Waals surface area contributed by atoms with Crippen LogP contribution in [0.25, 0.3) is 0 Å². The van der Waals surface area contributed by atoms with Crippen molar-refractivity contribution in [3.8, 4) is 11.5 Å². The van der Waals surface area contributed by atoms with E-state index in [2.05, 4.69) is 15.1 Å². The van der Waals surface area contributed by atoms with Gasteiger partial charge in [0.1, 0.15) is 11.5 Å². The van der Waals surface area contributed by atoms with E-state index in [9.17, 15) is 18.0 Å². The van der Waals surface area contributed by atoms with Crippen molar-refractivity contribution >= 4 is 17.3 Å². The molecule has 0 saturated carbocycles. The number of rotatable bonds is 7. The van der Waals surface area contributed by atoms with Gasteiger partial charge in [0.05, 0.1) is 37.4 Å². The molecule has 1 N–H and O–H groups in total. The van der Waals surface area contributed by atoms with Crippen molar-refractivity contribution in [2.45, 2.75) is 25.1 Å².